The van der Waals surface area contributed by atoms with Gasteiger partial charge in [0.25, 0.3) is 0 Å². The van der Waals surface area contributed by atoms with Gasteiger partial charge in [-0.25, -0.2) is 0 Å². The Kier molecular flexibility index (Phi) is 4.11. The van der Waals surface area contributed by atoms with Crippen LogP contribution in [0.4, 0.5) is 5.69 Å². The molecule has 0 fully saturated rings. The zero-order valence-corrected chi connectivity index (χ0v) is 11.3. The number of aliphatic imine (C=N–C) groups is 1. The summed E-state index contributed by atoms with van der Waals surface area (Å²) >= 11 is 10.5. The Labute approximate surface area is 116 Å². The van der Waals surface area contributed by atoms with Gasteiger partial charge in [-0.1, -0.05) is 11.6 Å². The van der Waals surface area contributed by atoms with Gasteiger partial charge in [0.1, 0.15) is 11.5 Å². The molecule has 0 spiro atoms. The molecule has 2 nitrogen and oxygen atoms in total. The molecule has 0 heterocycles. The van der Waals surface area contributed by atoms with E-state index < -0.39 is 0 Å². The van der Waals surface area contributed by atoms with E-state index in [2.05, 4.69) is 22.4 Å². The van der Waals surface area contributed by atoms with Crippen molar-refractivity contribution in [3.8, 4) is 11.5 Å². The van der Waals surface area contributed by atoms with E-state index in [4.69, 9.17) is 16.3 Å². The summed E-state index contributed by atoms with van der Waals surface area (Å²) in [5.41, 5.74) is 1.74. The van der Waals surface area contributed by atoms with E-state index in [1.54, 1.807) is 0 Å². The molecule has 0 aliphatic heterocycles. The molecule has 0 aromatic heterocycles. The number of hydrogen-bond acceptors (Lipinski definition) is 3. The minimum absolute atomic E-state index is 0.730. The number of ether oxygens (including phenoxy) is 1. The lowest BCUT2D eigenvalue weighted by Crippen LogP contribution is -1.85. The summed E-state index contributed by atoms with van der Waals surface area (Å²) < 4.78 is 5.70. The van der Waals surface area contributed by atoms with Crippen molar-refractivity contribution >= 4 is 34.7 Å². The average molecular weight is 276 g/mol. The van der Waals surface area contributed by atoms with Crippen LogP contribution in [-0.4, -0.2) is 5.16 Å². The Balaban J connectivity index is 2.18. The van der Waals surface area contributed by atoms with Gasteiger partial charge in [-0.3, -0.25) is 0 Å². The lowest BCUT2D eigenvalue weighted by atomic mass is 10.2. The van der Waals surface area contributed by atoms with Crippen molar-refractivity contribution in [2.24, 2.45) is 4.99 Å². The zero-order chi connectivity index (χ0) is 13.0. The van der Waals surface area contributed by atoms with E-state index in [9.17, 15) is 0 Å². The van der Waals surface area contributed by atoms with Gasteiger partial charge in [-0.2, -0.15) is 4.99 Å². The van der Waals surface area contributed by atoms with Crippen molar-refractivity contribution in [2.45, 2.75) is 6.92 Å². The Morgan fingerprint density at radius 2 is 1.78 bits per heavy atom. The molecule has 90 valence electrons. The highest BCUT2D eigenvalue weighted by Gasteiger charge is 2.00. The van der Waals surface area contributed by atoms with Gasteiger partial charge in [-0.05, 0) is 67.2 Å². The second-order valence-electron chi connectivity index (χ2n) is 3.71. The number of isothiocyanates is 1. The third kappa shape index (κ3) is 3.17. The van der Waals surface area contributed by atoms with Gasteiger partial charge in [0.2, 0.25) is 0 Å². The Hall–Kier alpha value is -1.67. The summed E-state index contributed by atoms with van der Waals surface area (Å²) in [4.78, 5) is 3.87. The molecule has 0 saturated heterocycles. The van der Waals surface area contributed by atoms with Crippen LogP contribution in [0.3, 0.4) is 0 Å². The molecule has 2 aromatic rings. The lowest BCUT2D eigenvalue weighted by molar-refractivity contribution is 0.482. The van der Waals surface area contributed by atoms with Crippen LogP contribution in [0, 0.1) is 6.92 Å². The largest absolute Gasteiger partial charge is 0.457 e. The van der Waals surface area contributed by atoms with Crippen LogP contribution in [0.5, 0.6) is 11.5 Å². The lowest BCUT2D eigenvalue weighted by Gasteiger charge is -2.07. The van der Waals surface area contributed by atoms with Crippen LogP contribution >= 0.6 is 23.8 Å². The van der Waals surface area contributed by atoms with Gasteiger partial charge in [0.15, 0.2) is 0 Å². The summed E-state index contributed by atoms with van der Waals surface area (Å²) in [7, 11) is 0. The predicted molar refractivity (Wildman–Crippen MR) is 77.4 cm³/mol. The fourth-order valence-electron chi connectivity index (χ4n) is 1.46. The minimum atomic E-state index is 0.730. The minimum Gasteiger partial charge on any atom is -0.457 e. The van der Waals surface area contributed by atoms with Crippen LogP contribution in [-0.2, 0) is 0 Å². The van der Waals surface area contributed by atoms with Crippen molar-refractivity contribution in [1.29, 1.82) is 0 Å². The second kappa shape index (κ2) is 5.78. The molecule has 0 amide bonds. The molecule has 2 aromatic carbocycles. The Bertz CT molecular complexity index is 604. The molecule has 2 rings (SSSR count). The molecule has 4 heteroatoms. The smallest absolute Gasteiger partial charge is 0.127 e. The molecule has 0 aliphatic carbocycles. The fraction of sp³-hybridized carbons (Fsp3) is 0.0714. The first-order valence-corrected chi connectivity index (χ1v) is 6.09. The van der Waals surface area contributed by atoms with E-state index in [1.165, 1.54) is 0 Å². The van der Waals surface area contributed by atoms with Crippen molar-refractivity contribution in [1.82, 2.24) is 0 Å². The zero-order valence-electron chi connectivity index (χ0n) is 9.68. The van der Waals surface area contributed by atoms with E-state index in [1.807, 2.05) is 49.4 Å². The van der Waals surface area contributed by atoms with Crippen molar-refractivity contribution in [2.75, 3.05) is 0 Å². The quantitative estimate of drug-likeness (QED) is 0.569. The maximum absolute atomic E-state index is 5.95. The van der Waals surface area contributed by atoms with Gasteiger partial charge >= 0.3 is 0 Å². The first-order valence-electron chi connectivity index (χ1n) is 5.31. The summed E-state index contributed by atoms with van der Waals surface area (Å²) in [6.45, 7) is 1.94. The number of hydrogen-bond donors (Lipinski definition) is 0. The summed E-state index contributed by atoms with van der Waals surface area (Å²) in [6.07, 6.45) is 0. The van der Waals surface area contributed by atoms with Gasteiger partial charge in [0.05, 0.1) is 10.8 Å². The molecule has 0 saturated carbocycles. The maximum Gasteiger partial charge on any atom is 0.127 e. The molecule has 0 aliphatic rings. The molecule has 0 bridgehead atoms. The highest BCUT2D eigenvalue weighted by Crippen LogP contribution is 2.27. The number of halogens is 1. The number of nitrogens with zero attached hydrogens (tertiary/aromatic N) is 1. The molecule has 18 heavy (non-hydrogen) atoms. The first kappa shape index (κ1) is 12.8. The highest BCUT2D eigenvalue weighted by atomic mass is 35.5. The predicted octanol–water partition coefficient (Wildman–Crippen LogP) is 5.18. The molecule has 0 N–H and O–H groups in total. The number of thiocarbonyl (C=S) groups is 1. The van der Waals surface area contributed by atoms with Crippen LogP contribution in [0.25, 0.3) is 0 Å². The topological polar surface area (TPSA) is 21.6 Å². The van der Waals surface area contributed by atoms with Gasteiger partial charge in [0, 0.05) is 5.02 Å². The third-order valence-corrected chi connectivity index (χ3v) is 2.89. The molecule has 0 atom stereocenters. The monoisotopic (exact) mass is 275 g/mol. The van der Waals surface area contributed by atoms with Gasteiger partial charge in [-0.15, -0.1) is 0 Å². The maximum atomic E-state index is 5.95. The number of aryl methyl sites for hydroxylation is 1. The summed E-state index contributed by atoms with van der Waals surface area (Å²) in [6, 6.07) is 12.8. The normalized spacial score (nSPS) is 9.67. The van der Waals surface area contributed by atoms with Crippen LogP contribution < -0.4 is 4.74 Å². The SMILES string of the molecule is Cc1cc(Oc2ccc(N=C=S)cc2)ccc1Cl. The number of rotatable bonds is 3. The van der Waals surface area contributed by atoms with E-state index in [0.717, 1.165) is 27.8 Å². The van der Waals surface area contributed by atoms with E-state index in [-0.39, 0.29) is 0 Å². The molecule has 0 unspecified atom stereocenters. The first-order chi connectivity index (χ1) is 8.69. The average Bonchev–Trinajstić information content (AvgIpc) is 2.37. The van der Waals surface area contributed by atoms with Crippen LogP contribution in [0.2, 0.25) is 5.02 Å². The fourth-order valence-corrected chi connectivity index (χ4v) is 1.68. The van der Waals surface area contributed by atoms with Crippen molar-refractivity contribution < 1.29 is 4.74 Å². The standard InChI is InChI=1S/C14H10ClNOS/c1-10-8-13(6-7-14(10)15)17-12-4-2-11(3-5-12)16-9-18/h2-8H,1H3. The highest BCUT2D eigenvalue weighted by molar-refractivity contribution is 7.78. The van der Waals surface area contributed by atoms with Crippen LogP contribution in [0.1, 0.15) is 5.56 Å². The summed E-state index contributed by atoms with van der Waals surface area (Å²) in [5, 5.41) is 3.05. The van der Waals surface area contributed by atoms with Crippen molar-refractivity contribution in [3.63, 3.8) is 0 Å². The Morgan fingerprint density at radius 3 is 2.39 bits per heavy atom. The third-order valence-electron chi connectivity index (χ3n) is 2.38. The van der Waals surface area contributed by atoms with E-state index in [0.29, 0.717) is 0 Å². The molecular weight excluding hydrogens is 266 g/mol. The molecular formula is C14H10ClNOS. The Morgan fingerprint density at radius 1 is 1.11 bits per heavy atom. The van der Waals surface area contributed by atoms with E-state index >= 15 is 0 Å². The molecule has 0 radical (unpaired) electrons. The van der Waals surface area contributed by atoms with Gasteiger partial charge < -0.3 is 4.74 Å². The van der Waals surface area contributed by atoms with Crippen molar-refractivity contribution in [3.05, 3.63) is 53.1 Å². The second-order valence-corrected chi connectivity index (χ2v) is 4.30. The summed E-state index contributed by atoms with van der Waals surface area (Å²) in [5.74, 6) is 1.49. The van der Waals surface area contributed by atoms with Crippen LogP contribution in [0.15, 0.2) is 47.5 Å². The number of benzene rings is 2.